The topological polar surface area (TPSA) is 233 Å². The summed E-state index contributed by atoms with van der Waals surface area (Å²) in [6.45, 7) is 0. The van der Waals surface area contributed by atoms with Crippen LogP contribution in [0.15, 0.2) is 24.3 Å². The molecule has 0 spiro atoms. The lowest BCUT2D eigenvalue weighted by Crippen LogP contribution is -1.89. The number of rotatable bonds is 1. The third kappa shape index (κ3) is 45.7. The number of benzene rings is 1. The molecule has 0 bridgehead atoms. The predicted octanol–water partition coefficient (Wildman–Crippen LogP) is -0.661. The Labute approximate surface area is 121 Å². The molecule has 126 valence electrons. The normalized spacial score (nSPS) is 9.67. The molecule has 0 heterocycles. The fourth-order valence-corrected chi connectivity index (χ4v) is 0.650. The summed E-state index contributed by atoms with van der Waals surface area (Å²) >= 11 is 0. The summed E-state index contributed by atoms with van der Waals surface area (Å²) < 4.78 is 63.2. The summed E-state index contributed by atoms with van der Waals surface area (Å²) in [5, 5.41) is 9.50. The highest BCUT2D eigenvalue weighted by atomic mass is 32.3. The van der Waals surface area contributed by atoms with Crippen LogP contribution in [-0.2, 0) is 20.8 Å². The van der Waals surface area contributed by atoms with Gasteiger partial charge < -0.3 is 16.3 Å². The Morgan fingerprint density at radius 3 is 1.29 bits per heavy atom. The number of nitrogens with one attached hydrogen (secondary N) is 1. The third-order valence-electron chi connectivity index (χ3n) is 1.20. The maximum atomic E-state index is 8.74. The van der Waals surface area contributed by atoms with E-state index < -0.39 is 20.8 Å². The van der Waals surface area contributed by atoms with Crippen molar-refractivity contribution in [2.45, 2.75) is 0 Å². The SMILES string of the molecule is CNc1ccc(N)cc1.NO.O=S(=O)(O)O.O=S(=O)(O)O. The van der Waals surface area contributed by atoms with Crippen LogP contribution in [0.4, 0.5) is 11.4 Å². The van der Waals surface area contributed by atoms with E-state index in [9.17, 15) is 0 Å². The van der Waals surface area contributed by atoms with Crippen molar-refractivity contribution in [3.63, 3.8) is 0 Å². The number of nitrogens with two attached hydrogens (primary N) is 2. The van der Waals surface area contributed by atoms with E-state index in [1.165, 1.54) is 0 Å². The minimum absolute atomic E-state index is 0.800. The smallest absolute Gasteiger partial charge is 0.394 e. The summed E-state index contributed by atoms with van der Waals surface area (Å²) in [5.41, 5.74) is 7.34. The molecule has 1 aromatic rings. The lowest BCUT2D eigenvalue weighted by atomic mass is 10.3. The zero-order chi connectivity index (χ0) is 17.7. The minimum Gasteiger partial charge on any atom is -0.399 e. The Hall–Kier alpha value is -1.52. The van der Waals surface area contributed by atoms with Crippen molar-refractivity contribution in [1.29, 1.82) is 0 Å². The summed E-state index contributed by atoms with van der Waals surface area (Å²) in [7, 11) is -7.45. The van der Waals surface area contributed by atoms with Gasteiger partial charge in [0.05, 0.1) is 0 Å². The van der Waals surface area contributed by atoms with Crippen molar-refractivity contribution in [1.82, 2.24) is 0 Å². The summed E-state index contributed by atoms with van der Waals surface area (Å²) in [6, 6.07) is 7.61. The lowest BCUT2D eigenvalue weighted by molar-refractivity contribution is 0.311. The first-order valence-corrected chi connectivity index (χ1v) is 7.31. The Morgan fingerprint density at radius 2 is 1.10 bits per heavy atom. The van der Waals surface area contributed by atoms with E-state index in [1.54, 1.807) is 0 Å². The van der Waals surface area contributed by atoms with E-state index >= 15 is 0 Å². The maximum absolute atomic E-state index is 8.74. The molecule has 0 saturated carbocycles. The van der Waals surface area contributed by atoms with Crippen LogP contribution in [0, 0.1) is 0 Å². The lowest BCUT2D eigenvalue weighted by Gasteiger charge is -1.97. The van der Waals surface area contributed by atoms with Gasteiger partial charge in [0.15, 0.2) is 0 Å². The first-order valence-electron chi connectivity index (χ1n) is 4.52. The number of hydrogen-bond donors (Lipinski definition) is 8. The van der Waals surface area contributed by atoms with Crippen LogP contribution in [0.25, 0.3) is 0 Å². The molecule has 0 aliphatic carbocycles. The standard InChI is InChI=1S/C7H10N2.H3NO.2H2O4S/c1-9-7-4-2-6(8)3-5-7;1-2;2*1-5(2,3)4/h2-5,9H,8H2,1H3;2H,1H2;2*(H2,1,2,3,4). The van der Waals surface area contributed by atoms with Gasteiger partial charge in [0.2, 0.25) is 0 Å². The monoisotopic (exact) mass is 351 g/mol. The van der Waals surface area contributed by atoms with Crippen LogP contribution in [0.5, 0.6) is 0 Å². The highest BCUT2D eigenvalue weighted by molar-refractivity contribution is 7.80. The Morgan fingerprint density at radius 1 is 0.857 bits per heavy atom. The Balaban J connectivity index is -0.000000234. The minimum atomic E-state index is -4.67. The van der Waals surface area contributed by atoms with Crippen LogP contribution in [-0.4, -0.2) is 47.3 Å². The molecule has 0 aliphatic rings. The van der Waals surface area contributed by atoms with Crippen LogP contribution in [0.1, 0.15) is 0 Å². The molecular formula is C7H17N3O9S2. The number of nitrogen functional groups attached to an aromatic ring is 1. The zero-order valence-electron chi connectivity index (χ0n) is 10.6. The number of anilines is 2. The summed E-state index contributed by atoms with van der Waals surface area (Å²) in [6.07, 6.45) is 0. The van der Waals surface area contributed by atoms with E-state index in [1.807, 2.05) is 31.3 Å². The molecule has 0 fully saturated rings. The predicted molar refractivity (Wildman–Crippen MR) is 74.7 cm³/mol. The molecule has 0 amide bonds. The van der Waals surface area contributed by atoms with Crippen molar-refractivity contribution in [3.8, 4) is 0 Å². The third-order valence-corrected chi connectivity index (χ3v) is 1.20. The molecule has 0 radical (unpaired) electrons. The zero-order valence-corrected chi connectivity index (χ0v) is 12.3. The molecule has 21 heavy (non-hydrogen) atoms. The van der Waals surface area contributed by atoms with Gasteiger partial charge in [-0.3, -0.25) is 18.2 Å². The van der Waals surface area contributed by atoms with Crippen molar-refractivity contribution >= 4 is 32.2 Å². The van der Waals surface area contributed by atoms with Gasteiger partial charge in [-0.15, -0.1) is 0 Å². The second kappa shape index (κ2) is 12.2. The molecule has 0 aliphatic heterocycles. The van der Waals surface area contributed by atoms with Crippen molar-refractivity contribution in [2.75, 3.05) is 18.1 Å². The quantitative estimate of drug-likeness (QED) is 0.179. The van der Waals surface area contributed by atoms with Crippen LogP contribution >= 0.6 is 0 Å². The van der Waals surface area contributed by atoms with Gasteiger partial charge in [0, 0.05) is 18.4 Å². The molecule has 12 nitrogen and oxygen atoms in total. The van der Waals surface area contributed by atoms with Crippen molar-refractivity contribution in [2.24, 2.45) is 5.90 Å². The highest BCUT2D eigenvalue weighted by Gasteiger charge is 1.85. The molecule has 1 aromatic carbocycles. The molecule has 1 rings (SSSR count). The molecule has 0 aromatic heterocycles. The average Bonchev–Trinajstić information content (AvgIpc) is 2.28. The van der Waals surface area contributed by atoms with Gasteiger partial charge in [-0.2, -0.15) is 16.8 Å². The fourth-order valence-electron chi connectivity index (χ4n) is 0.650. The molecule has 0 unspecified atom stereocenters. The van der Waals surface area contributed by atoms with E-state index in [2.05, 4.69) is 11.2 Å². The Kier molecular flexibility index (Phi) is 14.3. The second-order valence-electron chi connectivity index (χ2n) is 2.77. The largest absolute Gasteiger partial charge is 0.399 e. The molecule has 0 saturated heterocycles. The second-order valence-corrected chi connectivity index (χ2v) is 4.56. The van der Waals surface area contributed by atoms with E-state index in [0.717, 1.165) is 11.4 Å². The van der Waals surface area contributed by atoms with Gasteiger partial charge >= 0.3 is 20.8 Å². The fraction of sp³-hybridized carbons (Fsp3) is 0.143. The van der Waals surface area contributed by atoms with Gasteiger partial charge in [-0.1, -0.05) is 0 Å². The van der Waals surface area contributed by atoms with Crippen LogP contribution in [0.3, 0.4) is 0 Å². The number of hydrogen-bond acceptors (Lipinski definition) is 8. The van der Waals surface area contributed by atoms with Gasteiger partial charge in [0.1, 0.15) is 0 Å². The molecule has 0 atom stereocenters. The maximum Gasteiger partial charge on any atom is 0.394 e. The first kappa shape index (κ1) is 24.5. The van der Waals surface area contributed by atoms with Gasteiger partial charge in [-0.05, 0) is 24.3 Å². The van der Waals surface area contributed by atoms with Crippen molar-refractivity contribution in [3.05, 3.63) is 24.3 Å². The average molecular weight is 351 g/mol. The van der Waals surface area contributed by atoms with Crippen molar-refractivity contribution < 1.29 is 40.3 Å². The van der Waals surface area contributed by atoms with E-state index in [4.69, 9.17) is 46.0 Å². The highest BCUT2D eigenvalue weighted by Crippen LogP contribution is 2.08. The molecule has 14 heteroatoms. The van der Waals surface area contributed by atoms with Gasteiger partial charge in [0.25, 0.3) is 0 Å². The van der Waals surface area contributed by atoms with Crippen LogP contribution < -0.4 is 16.9 Å². The van der Waals surface area contributed by atoms with E-state index in [-0.39, 0.29) is 0 Å². The van der Waals surface area contributed by atoms with E-state index in [0.29, 0.717) is 0 Å². The Bertz CT molecular complexity index is 510. The molecule has 10 N–H and O–H groups in total. The first-order chi connectivity index (χ1) is 9.33. The van der Waals surface area contributed by atoms with Crippen LogP contribution in [0.2, 0.25) is 0 Å². The molecular weight excluding hydrogens is 334 g/mol. The summed E-state index contributed by atoms with van der Waals surface area (Å²) in [5.74, 6) is 3.50. The summed E-state index contributed by atoms with van der Waals surface area (Å²) in [4.78, 5) is 0. The van der Waals surface area contributed by atoms with Gasteiger partial charge in [-0.25, -0.2) is 5.90 Å².